The Morgan fingerprint density at radius 2 is 2.00 bits per heavy atom. The van der Waals surface area contributed by atoms with E-state index in [-0.39, 0.29) is 34.3 Å². The normalized spacial score (nSPS) is 41.1. The maximum absolute atomic E-state index is 14.5. The zero-order valence-electron chi connectivity index (χ0n) is 20.3. The molecule has 1 aromatic carbocycles. The van der Waals surface area contributed by atoms with Crippen LogP contribution < -0.4 is 5.73 Å². The molecule has 7 nitrogen and oxygen atoms in total. The van der Waals surface area contributed by atoms with E-state index in [2.05, 4.69) is 13.8 Å². The Labute approximate surface area is 203 Å². The first-order chi connectivity index (χ1) is 16.3. The molecule has 2 fully saturated rings. The van der Waals surface area contributed by atoms with E-state index in [1.54, 1.807) is 19.1 Å². The second-order valence-corrected chi connectivity index (χ2v) is 11.4. The average molecular weight is 486 g/mol. The van der Waals surface area contributed by atoms with Crippen LogP contribution in [0.4, 0.5) is 10.1 Å². The lowest BCUT2D eigenvalue weighted by molar-refractivity contribution is -0.190. The molecule has 0 saturated heterocycles. The van der Waals surface area contributed by atoms with E-state index in [1.165, 1.54) is 12.1 Å². The average Bonchev–Trinajstić information content (AvgIpc) is 3.27. The molecule has 35 heavy (non-hydrogen) atoms. The predicted octanol–water partition coefficient (Wildman–Crippen LogP) is 2.40. The van der Waals surface area contributed by atoms with E-state index in [4.69, 9.17) is 10.5 Å². The van der Waals surface area contributed by atoms with Gasteiger partial charge in [0, 0.05) is 11.6 Å². The molecule has 2 bridgehead atoms. The molecule has 2 saturated carbocycles. The molecule has 0 aliphatic heterocycles. The number of fused-ring (bicyclic) bond motifs is 3. The number of rotatable bonds is 3. The highest BCUT2D eigenvalue weighted by Crippen LogP contribution is 2.71. The minimum absolute atomic E-state index is 0.0152. The van der Waals surface area contributed by atoms with Crippen LogP contribution in [0, 0.1) is 40.3 Å². The van der Waals surface area contributed by atoms with Gasteiger partial charge in [-0.1, -0.05) is 39.0 Å². The largest absolute Gasteiger partial charge is 0.451 e. The van der Waals surface area contributed by atoms with Crippen LogP contribution in [0.2, 0.25) is 0 Å². The van der Waals surface area contributed by atoms with Crippen molar-refractivity contribution >= 4 is 17.4 Å². The molecule has 1 aromatic rings. The van der Waals surface area contributed by atoms with Gasteiger partial charge in [0.15, 0.2) is 17.5 Å². The van der Waals surface area contributed by atoms with E-state index in [0.29, 0.717) is 12.0 Å². The van der Waals surface area contributed by atoms with Gasteiger partial charge in [-0.05, 0) is 59.8 Å². The minimum atomic E-state index is -2.28. The fourth-order valence-corrected chi connectivity index (χ4v) is 7.52. The maximum atomic E-state index is 14.5. The summed E-state index contributed by atoms with van der Waals surface area (Å²) in [6.07, 6.45) is 0.734. The summed E-state index contributed by atoms with van der Waals surface area (Å²) in [4.78, 5) is 27.4. The van der Waals surface area contributed by atoms with Gasteiger partial charge in [0.05, 0.1) is 12.0 Å². The Bertz CT molecular complexity index is 1170. The Kier molecular flexibility index (Phi) is 5.16. The number of anilines is 1. The Morgan fingerprint density at radius 3 is 2.63 bits per heavy atom. The highest BCUT2D eigenvalue weighted by Gasteiger charge is 2.76. The monoisotopic (exact) mass is 485 g/mol. The summed E-state index contributed by atoms with van der Waals surface area (Å²) in [5, 5.41) is 34.0. The number of aliphatic hydroxyl groups excluding tert-OH is 2. The van der Waals surface area contributed by atoms with Crippen LogP contribution in [0.1, 0.15) is 44.5 Å². The van der Waals surface area contributed by atoms with Gasteiger partial charge in [0.25, 0.3) is 0 Å². The summed E-state index contributed by atoms with van der Waals surface area (Å²) in [5.74, 6) is -2.99. The van der Waals surface area contributed by atoms with Crippen molar-refractivity contribution in [3.63, 3.8) is 0 Å². The van der Waals surface area contributed by atoms with Crippen molar-refractivity contribution in [3.8, 4) is 0 Å². The number of hydrogen-bond donors (Lipinski definition) is 4. The molecule has 5 N–H and O–H groups in total. The third-order valence-corrected chi connectivity index (χ3v) is 9.37. The van der Waals surface area contributed by atoms with Crippen LogP contribution in [-0.4, -0.2) is 51.5 Å². The van der Waals surface area contributed by atoms with Crippen LogP contribution in [0.15, 0.2) is 41.5 Å². The van der Waals surface area contributed by atoms with Crippen molar-refractivity contribution in [3.05, 3.63) is 52.9 Å². The minimum Gasteiger partial charge on any atom is -0.451 e. The third-order valence-electron chi connectivity index (χ3n) is 9.37. The van der Waals surface area contributed by atoms with E-state index in [1.807, 2.05) is 6.92 Å². The zero-order chi connectivity index (χ0) is 25.7. The Morgan fingerprint density at radius 1 is 1.31 bits per heavy atom. The van der Waals surface area contributed by atoms with Crippen LogP contribution in [0.25, 0.3) is 0 Å². The fraction of sp³-hybridized carbons (Fsp3) is 0.556. The van der Waals surface area contributed by atoms with Gasteiger partial charge < -0.3 is 25.8 Å². The lowest BCUT2D eigenvalue weighted by atomic mass is 9.59. The van der Waals surface area contributed by atoms with E-state index in [9.17, 15) is 29.3 Å². The smallest absolute Gasteiger partial charge is 0.343 e. The molecule has 0 amide bonds. The van der Waals surface area contributed by atoms with Crippen molar-refractivity contribution in [2.75, 3.05) is 12.3 Å². The number of nitrogen functional groups attached to an aromatic ring is 1. The van der Waals surface area contributed by atoms with Crippen molar-refractivity contribution in [2.24, 2.45) is 34.5 Å². The number of ketones is 1. The number of benzene rings is 1. The van der Waals surface area contributed by atoms with Crippen LogP contribution in [0.5, 0.6) is 0 Å². The number of Topliss-reactive ketones (excluding diaryl/α,β-unsaturated/α-hetero) is 1. The van der Waals surface area contributed by atoms with Gasteiger partial charge in [-0.25, -0.2) is 9.18 Å². The highest BCUT2D eigenvalue weighted by atomic mass is 19.1. The van der Waals surface area contributed by atoms with Gasteiger partial charge in [-0.3, -0.25) is 4.79 Å². The number of nitrogens with two attached hydrogens (primary N) is 1. The van der Waals surface area contributed by atoms with Crippen LogP contribution in [-0.2, 0) is 9.53 Å². The van der Waals surface area contributed by atoms with E-state index >= 15 is 0 Å². The Hall–Kier alpha value is -2.55. The molecule has 0 radical (unpaired) electrons. The standard InChI is InChI=1S/C27H32FNO6/c1-12-10-26-13(2)8-16-20(25(16,3)4)15(22(26)32)9-14(11-30)21(31)27(26,34)23(12)35-24(33)19-17(28)6-5-7-18(19)29/h5-7,9-10,13,15-16,20-21,23,30-31,34H,8,11,29H2,1-4H3/t13-,15+,16-,20+,21-,23+,26+,27+/m1/s1. The fourth-order valence-electron chi connectivity index (χ4n) is 7.52. The molecule has 1 spiro atoms. The summed E-state index contributed by atoms with van der Waals surface area (Å²) >= 11 is 0. The summed E-state index contributed by atoms with van der Waals surface area (Å²) in [5.41, 5.74) is 1.77. The van der Waals surface area contributed by atoms with Gasteiger partial charge >= 0.3 is 5.97 Å². The van der Waals surface area contributed by atoms with E-state index < -0.39 is 59.0 Å². The summed E-state index contributed by atoms with van der Waals surface area (Å²) in [6, 6.07) is 3.79. The molecule has 8 heteroatoms. The number of esters is 1. The summed E-state index contributed by atoms with van der Waals surface area (Å²) in [7, 11) is 0. The summed E-state index contributed by atoms with van der Waals surface area (Å²) < 4.78 is 20.1. The first-order valence-corrected chi connectivity index (χ1v) is 12.0. The molecule has 0 heterocycles. The quantitative estimate of drug-likeness (QED) is 0.294. The van der Waals surface area contributed by atoms with Crippen molar-refractivity contribution in [2.45, 2.75) is 51.9 Å². The molecule has 5 rings (SSSR count). The summed E-state index contributed by atoms with van der Waals surface area (Å²) in [6.45, 7) is 7.13. The van der Waals surface area contributed by atoms with Gasteiger partial charge in [0.2, 0.25) is 0 Å². The molecule has 4 aliphatic carbocycles. The van der Waals surface area contributed by atoms with Crippen molar-refractivity contribution in [1.82, 2.24) is 0 Å². The molecular formula is C27H32FNO6. The van der Waals surface area contributed by atoms with Crippen molar-refractivity contribution in [1.29, 1.82) is 0 Å². The molecule has 0 unspecified atom stereocenters. The molecule has 188 valence electrons. The van der Waals surface area contributed by atoms with Gasteiger partial charge in [-0.2, -0.15) is 0 Å². The first kappa shape index (κ1) is 24.2. The van der Waals surface area contributed by atoms with Crippen LogP contribution >= 0.6 is 0 Å². The lowest BCUT2D eigenvalue weighted by Gasteiger charge is -2.48. The third kappa shape index (κ3) is 2.87. The molecular weight excluding hydrogens is 453 g/mol. The predicted molar refractivity (Wildman–Crippen MR) is 125 cm³/mol. The van der Waals surface area contributed by atoms with E-state index in [0.717, 1.165) is 6.07 Å². The zero-order valence-corrected chi connectivity index (χ0v) is 20.3. The second kappa shape index (κ2) is 7.48. The molecule has 0 aromatic heterocycles. The second-order valence-electron chi connectivity index (χ2n) is 11.4. The number of aliphatic hydroxyl groups is 3. The molecule has 4 aliphatic rings. The van der Waals surface area contributed by atoms with Gasteiger partial charge in [0.1, 0.15) is 17.5 Å². The number of allylic oxidation sites excluding steroid dienone is 1. The molecule has 8 atom stereocenters. The number of halogens is 1. The Balaban J connectivity index is 1.65. The van der Waals surface area contributed by atoms with Crippen LogP contribution in [0.3, 0.4) is 0 Å². The first-order valence-electron chi connectivity index (χ1n) is 12.0. The van der Waals surface area contributed by atoms with Crippen molar-refractivity contribution < 1.29 is 34.0 Å². The lowest BCUT2D eigenvalue weighted by Crippen LogP contribution is -2.65. The SMILES string of the molecule is CC1=C[C@]23C(=O)[C@@H](C=C(CO)[C@@H](O)[C@]2(O)[C@H]1OC(=O)c1c(N)cccc1F)[C@H]1[C@@H](C[C@H]3C)C1(C)C. The number of ether oxygens (including phenoxy) is 1. The highest BCUT2D eigenvalue weighted by molar-refractivity contribution is 5.97. The topological polar surface area (TPSA) is 130 Å². The number of carbonyl (C=O) groups excluding carboxylic acids is 2. The number of hydrogen-bond acceptors (Lipinski definition) is 7. The number of carbonyl (C=O) groups is 2. The van der Waals surface area contributed by atoms with Gasteiger partial charge in [-0.15, -0.1) is 0 Å². The maximum Gasteiger partial charge on any atom is 0.343 e.